The van der Waals surface area contributed by atoms with Crippen LogP contribution in [0.2, 0.25) is 0 Å². The van der Waals surface area contributed by atoms with Crippen molar-refractivity contribution in [2.75, 3.05) is 6.54 Å². The van der Waals surface area contributed by atoms with Gasteiger partial charge in [-0.15, -0.1) is 0 Å². The number of nitrogens with zero attached hydrogens (tertiary/aromatic N) is 1. The first kappa shape index (κ1) is 36.2. The molecule has 13 heteroatoms. The van der Waals surface area contributed by atoms with Crippen LogP contribution in [0.5, 0.6) is 0 Å². The van der Waals surface area contributed by atoms with Crippen LogP contribution in [0.4, 0.5) is 4.79 Å². The summed E-state index contributed by atoms with van der Waals surface area (Å²) in [6, 6.07) is 13.0. The van der Waals surface area contributed by atoms with Crippen molar-refractivity contribution in [2.24, 2.45) is 5.92 Å². The number of alkyl carbamates (subject to hydrolysis) is 1. The minimum atomic E-state index is -3.81. The zero-order valence-electron chi connectivity index (χ0n) is 26.6. The number of amides is 4. The molecule has 1 fully saturated rings. The molecule has 5 atom stereocenters. The number of aliphatic hydroxyl groups is 1. The number of hydrogen-bond acceptors (Lipinski definition) is 8. The molecular weight excluding hydrogens is 612 g/mol. The third kappa shape index (κ3) is 10.7. The third-order valence-electron chi connectivity index (χ3n) is 7.47. The number of carbonyl (C=O) groups is 4. The number of benzene rings is 2. The molecule has 4 N–H and O–H groups in total. The van der Waals surface area contributed by atoms with Gasteiger partial charge in [-0.1, -0.05) is 62.4 Å². The van der Waals surface area contributed by atoms with Gasteiger partial charge < -0.3 is 30.7 Å². The van der Waals surface area contributed by atoms with Crippen LogP contribution in [0.1, 0.15) is 52.5 Å². The van der Waals surface area contributed by atoms with Gasteiger partial charge in [0.2, 0.25) is 17.7 Å². The summed E-state index contributed by atoms with van der Waals surface area (Å²) < 4.78 is 30.5. The fourth-order valence-corrected chi connectivity index (χ4v) is 6.04. The zero-order chi connectivity index (χ0) is 33.9. The van der Waals surface area contributed by atoms with E-state index < -0.39 is 63.9 Å². The van der Waals surface area contributed by atoms with Gasteiger partial charge in [0.05, 0.1) is 17.0 Å². The number of rotatable bonds is 14. The summed E-state index contributed by atoms with van der Waals surface area (Å²) in [6.45, 7) is 7.02. The van der Waals surface area contributed by atoms with Crippen molar-refractivity contribution in [2.45, 2.75) is 88.7 Å². The lowest BCUT2D eigenvalue weighted by atomic mass is 10.0. The van der Waals surface area contributed by atoms with Gasteiger partial charge in [-0.05, 0) is 62.8 Å². The standard InChI is InChI=1S/C33H44N4O8S/c1-22(2)20-28(36-33(42)45-21-25-12-7-5-8-13-25)32(41)37-18-11-16-29(37)31(40)34-23(3)30(39)35-27(24(4)38)17-19-46(43,44)26-14-9-6-10-15-26/h5-10,12-15,17,19,22-24,27-29,38H,11,16,18,20-21H2,1-4H3,(H,34,40)(H,35,39)(H,36,42)/b19-17+/t23-,24+,27-,28-,29-/m0/s1. The fourth-order valence-electron chi connectivity index (χ4n) is 4.97. The van der Waals surface area contributed by atoms with E-state index in [-0.39, 0.29) is 17.4 Å². The lowest BCUT2D eigenvalue weighted by molar-refractivity contribution is -0.141. The molecule has 1 saturated heterocycles. The Morgan fingerprint density at radius 1 is 0.957 bits per heavy atom. The summed E-state index contributed by atoms with van der Waals surface area (Å²) in [4.78, 5) is 53.9. The minimum Gasteiger partial charge on any atom is -0.445 e. The number of aliphatic hydroxyl groups excluding tert-OH is 1. The highest BCUT2D eigenvalue weighted by atomic mass is 32.2. The molecular formula is C33H44N4O8S. The second-order valence-electron chi connectivity index (χ2n) is 11.8. The number of ether oxygens (including phenoxy) is 1. The van der Waals surface area contributed by atoms with E-state index >= 15 is 0 Å². The molecule has 0 radical (unpaired) electrons. The van der Waals surface area contributed by atoms with Gasteiger partial charge in [-0.25, -0.2) is 13.2 Å². The Hall–Kier alpha value is -4.23. The summed E-state index contributed by atoms with van der Waals surface area (Å²) >= 11 is 0. The molecule has 250 valence electrons. The fraction of sp³-hybridized carbons (Fsp3) is 0.455. The van der Waals surface area contributed by atoms with Gasteiger partial charge in [0.15, 0.2) is 9.84 Å². The average Bonchev–Trinajstić information content (AvgIpc) is 3.52. The van der Waals surface area contributed by atoms with Crippen molar-refractivity contribution in [3.8, 4) is 0 Å². The van der Waals surface area contributed by atoms with E-state index in [2.05, 4.69) is 16.0 Å². The monoisotopic (exact) mass is 656 g/mol. The van der Waals surface area contributed by atoms with Crippen molar-refractivity contribution < 1.29 is 37.4 Å². The van der Waals surface area contributed by atoms with Gasteiger partial charge in [0.25, 0.3) is 0 Å². The van der Waals surface area contributed by atoms with Gasteiger partial charge in [0, 0.05) is 12.0 Å². The topological polar surface area (TPSA) is 171 Å². The first-order valence-electron chi connectivity index (χ1n) is 15.3. The molecule has 2 aromatic rings. The van der Waals surface area contributed by atoms with E-state index in [1.165, 1.54) is 37.0 Å². The Kier molecular flexibility index (Phi) is 13.3. The molecule has 0 aromatic heterocycles. The molecule has 3 rings (SSSR count). The molecule has 1 heterocycles. The molecule has 0 saturated carbocycles. The highest BCUT2D eigenvalue weighted by Crippen LogP contribution is 2.21. The molecule has 1 aliphatic heterocycles. The Morgan fingerprint density at radius 2 is 1.59 bits per heavy atom. The maximum absolute atomic E-state index is 13.6. The summed E-state index contributed by atoms with van der Waals surface area (Å²) in [7, 11) is -3.81. The van der Waals surface area contributed by atoms with E-state index in [0.717, 1.165) is 11.0 Å². The van der Waals surface area contributed by atoms with Crippen LogP contribution >= 0.6 is 0 Å². The molecule has 12 nitrogen and oxygen atoms in total. The highest BCUT2D eigenvalue weighted by molar-refractivity contribution is 7.94. The molecule has 0 aliphatic carbocycles. The second kappa shape index (κ2) is 16.9. The van der Waals surface area contributed by atoms with Crippen LogP contribution < -0.4 is 16.0 Å². The van der Waals surface area contributed by atoms with Gasteiger partial charge in [-0.2, -0.15) is 0 Å². The van der Waals surface area contributed by atoms with E-state index in [0.29, 0.717) is 25.8 Å². The third-order valence-corrected chi connectivity index (χ3v) is 8.91. The molecule has 4 amide bonds. The van der Waals surface area contributed by atoms with Crippen LogP contribution in [0.15, 0.2) is 77.0 Å². The van der Waals surface area contributed by atoms with Crippen LogP contribution in [0.25, 0.3) is 0 Å². The lowest BCUT2D eigenvalue weighted by Gasteiger charge is -2.30. The zero-order valence-corrected chi connectivity index (χ0v) is 27.4. The quantitative estimate of drug-likeness (QED) is 0.240. The maximum atomic E-state index is 13.6. The molecule has 46 heavy (non-hydrogen) atoms. The Bertz CT molecular complexity index is 1460. The van der Waals surface area contributed by atoms with E-state index in [9.17, 15) is 32.7 Å². The number of likely N-dealkylation sites (tertiary alicyclic amines) is 1. The summed E-state index contributed by atoms with van der Waals surface area (Å²) in [6.07, 6.45) is 0.561. The van der Waals surface area contributed by atoms with Gasteiger partial charge in [0.1, 0.15) is 24.7 Å². The maximum Gasteiger partial charge on any atom is 0.408 e. The molecule has 2 aromatic carbocycles. The Balaban J connectivity index is 1.61. The Morgan fingerprint density at radius 3 is 2.20 bits per heavy atom. The number of nitrogens with one attached hydrogen (secondary N) is 3. The normalized spacial score (nSPS) is 17.6. The van der Waals surface area contributed by atoms with Crippen molar-refractivity contribution in [3.63, 3.8) is 0 Å². The van der Waals surface area contributed by atoms with E-state index in [1.54, 1.807) is 18.2 Å². The summed E-state index contributed by atoms with van der Waals surface area (Å²) in [5.74, 6) is -1.56. The molecule has 0 spiro atoms. The van der Waals surface area contributed by atoms with Crippen LogP contribution in [-0.4, -0.2) is 79.1 Å². The predicted octanol–water partition coefficient (Wildman–Crippen LogP) is 2.68. The first-order valence-corrected chi connectivity index (χ1v) is 16.9. The minimum absolute atomic E-state index is 0.0402. The second-order valence-corrected chi connectivity index (χ2v) is 13.6. The first-order chi connectivity index (χ1) is 21.8. The van der Waals surface area contributed by atoms with E-state index in [4.69, 9.17) is 4.74 Å². The Labute approximate surface area is 270 Å². The molecule has 1 aliphatic rings. The van der Waals surface area contributed by atoms with Gasteiger partial charge >= 0.3 is 6.09 Å². The van der Waals surface area contributed by atoms with Crippen LogP contribution in [0.3, 0.4) is 0 Å². The number of sulfone groups is 1. The number of carbonyl (C=O) groups excluding carboxylic acids is 4. The molecule has 0 unspecified atom stereocenters. The highest BCUT2D eigenvalue weighted by Gasteiger charge is 2.39. The summed E-state index contributed by atoms with van der Waals surface area (Å²) in [5, 5.41) is 19.0. The molecule has 0 bridgehead atoms. The van der Waals surface area contributed by atoms with Crippen molar-refractivity contribution in [3.05, 3.63) is 77.7 Å². The smallest absolute Gasteiger partial charge is 0.408 e. The van der Waals surface area contributed by atoms with E-state index in [1.807, 2.05) is 44.2 Å². The lowest BCUT2D eigenvalue weighted by Crippen LogP contribution is -2.56. The van der Waals surface area contributed by atoms with Crippen LogP contribution in [-0.2, 0) is 35.6 Å². The van der Waals surface area contributed by atoms with Crippen molar-refractivity contribution in [1.29, 1.82) is 0 Å². The predicted molar refractivity (Wildman–Crippen MR) is 172 cm³/mol. The largest absolute Gasteiger partial charge is 0.445 e. The number of hydrogen-bond donors (Lipinski definition) is 4. The van der Waals surface area contributed by atoms with Crippen molar-refractivity contribution in [1.82, 2.24) is 20.9 Å². The van der Waals surface area contributed by atoms with Crippen molar-refractivity contribution >= 4 is 33.7 Å². The SMILES string of the molecule is CC(C)C[C@H](NC(=O)OCc1ccccc1)C(=O)N1CCC[C@H]1C(=O)N[C@@H](C)C(=O)N[C@@H](/C=C/S(=O)(=O)c1ccccc1)[C@@H](C)O. The van der Waals surface area contributed by atoms with Crippen LogP contribution in [0, 0.1) is 5.92 Å². The summed E-state index contributed by atoms with van der Waals surface area (Å²) in [5.41, 5.74) is 0.798. The van der Waals surface area contributed by atoms with Gasteiger partial charge in [-0.3, -0.25) is 14.4 Å². The average molecular weight is 657 g/mol.